The van der Waals surface area contributed by atoms with E-state index in [2.05, 4.69) is 4.84 Å². The van der Waals surface area contributed by atoms with E-state index in [1.807, 2.05) is 0 Å². The number of fused-ring (bicyclic) bond motifs is 5. The molecule has 10 nitrogen and oxygen atoms in total. The van der Waals surface area contributed by atoms with Crippen molar-refractivity contribution >= 4 is 17.5 Å². The predicted molar refractivity (Wildman–Crippen MR) is 137 cm³/mol. The highest BCUT2D eigenvalue weighted by atomic mass is 19.1. The maximum absolute atomic E-state index is 17.1. The summed E-state index contributed by atoms with van der Waals surface area (Å²) in [6, 6.07) is 5.66. The lowest BCUT2D eigenvalue weighted by molar-refractivity contribution is -0.763. The van der Waals surface area contributed by atoms with Crippen molar-refractivity contribution in [3.63, 3.8) is 0 Å². The van der Waals surface area contributed by atoms with Gasteiger partial charge in [-0.25, -0.2) is 9.18 Å². The average Bonchev–Trinajstić information content (AvgIpc) is 3.18. The summed E-state index contributed by atoms with van der Waals surface area (Å²) in [7, 11) is 0. The number of hydrogen-bond acceptors (Lipinski definition) is 9. The third-order valence-electron chi connectivity index (χ3n) is 10.1. The number of alkyl halides is 1. The number of ketones is 2. The van der Waals surface area contributed by atoms with Crippen LogP contribution in [-0.2, 0) is 25.8 Å². The summed E-state index contributed by atoms with van der Waals surface area (Å²) in [6.45, 7) is 2.41. The largest absolute Gasteiger partial charge is 0.454 e. The molecule has 1 unspecified atom stereocenters. The van der Waals surface area contributed by atoms with Gasteiger partial charge in [-0.15, -0.1) is 10.1 Å². The lowest BCUT2D eigenvalue weighted by atomic mass is 9.44. The Balaban J connectivity index is 1.31. The highest BCUT2D eigenvalue weighted by Gasteiger charge is 2.74. The number of carbonyl (C=O) groups excluding carboxylic acids is 3. The quantitative estimate of drug-likeness (QED) is 0.292. The summed E-state index contributed by atoms with van der Waals surface area (Å²) < 4.78 is 22.4. The van der Waals surface area contributed by atoms with Crippen LogP contribution < -0.4 is 0 Å². The summed E-state index contributed by atoms with van der Waals surface area (Å²) in [4.78, 5) is 52.6. The Labute approximate surface area is 229 Å². The minimum Gasteiger partial charge on any atom is -0.454 e. The second-order valence-electron chi connectivity index (χ2n) is 11.9. The third-order valence-corrected chi connectivity index (χ3v) is 10.1. The van der Waals surface area contributed by atoms with E-state index in [1.165, 1.54) is 36.4 Å². The van der Waals surface area contributed by atoms with Crippen molar-refractivity contribution in [1.29, 1.82) is 0 Å². The molecule has 1 aromatic rings. The van der Waals surface area contributed by atoms with Crippen LogP contribution in [0.2, 0.25) is 0 Å². The molecule has 0 saturated heterocycles. The normalized spacial score (nSPS) is 38.0. The van der Waals surface area contributed by atoms with Crippen LogP contribution in [0.1, 0.15) is 61.9 Å². The lowest BCUT2D eigenvalue weighted by Crippen LogP contribution is -2.69. The van der Waals surface area contributed by atoms with E-state index in [4.69, 9.17) is 4.74 Å². The molecule has 4 aliphatic rings. The van der Waals surface area contributed by atoms with Gasteiger partial charge in [0.2, 0.25) is 5.78 Å². The van der Waals surface area contributed by atoms with Crippen molar-refractivity contribution in [2.24, 2.45) is 22.7 Å². The average molecular weight is 558 g/mol. The van der Waals surface area contributed by atoms with Gasteiger partial charge in [0, 0.05) is 16.7 Å². The van der Waals surface area contributed by atoms with Gasteiger partial charge in [0.15, 0.2) is 18.1 Å². The van der Waals surface area contributed by atoms with Crippen LogP contribution >= 0.6 is 0 Å². The van der Waals surface area contributed by atoms with Crippen molar-refractivity contribution in [3.8, 4) is 0 Å². The number of rotatable bonds is 7. The molecule has 0 bridgehead atoms. The molecule has 0 radical (unpaired) electrons. The number of benzene rings is 1. The predicted octanol–water partition coefficient (Wildman–Crippen LogP) is 3.22. The van der Waals surface area contributed by atoms with Crippen LogP contribution in [-0.4, -0.2) is 56.8 Å². The number of allylic oxidation sites excluding steroid dienone is 4. The van der Waals surface area contributed by atoms with Gasteiger partial charge in [-0.3, -0.25) is 9.59 Å². The molecule has 3 fully saturated rings. The van der Waals surface area contributed by atoms with Crippen LogP contribution in [0.3, 0.4) is 0 Å². The number of Topliss-reactive ketones (excluding diaryl/α,β-unsaturated/α-hetero) is 1. The molecule has 7 atom stereocenters. The van der Waals surface area contributed by atoms with E-state index in [0.717, 1.165) is 0 Å². The van der Waals surface area contributed by atoms with E-state index >= 15 is 4.39 Å². The second kappa shape index (κ2) is 9.59. The molecule has 0 heterocycles. The van der Waals surface area contributed by atoms with Crippen molar-refractivity contribution in [2.45, 2.75) is 69.9 Å². The first-order valence-corrected chi connectivity index (χ1v) is 13.4. The summed E-state index contributed by atoms with van der Waals surface area (Å²) in [5.41, 5.74) is -5.12. The fourth-order valence-corrected chi connectivity index (χ4v) is 7.87. The third kappa shape index (κ3) is 4.01. The molecular formula is C29H32FNO9. The number of aliphatic hydroxyl groups excluding tert-OH is 1. The number of hydrogen-bond donors (Lipinski definition) is 2. The van der Waals surface area contributed by atoms with Gasteiger partial charge in [-0.2, -0.15) is 0 Å². The number of esters is 1. The molecule has 3 saturated carbocycles. The Hall–Kier alpha value is -3.44. The first-order chi connectivity index (χ1) is 18.8. The molecule has 0 aliphatic heterocycles. The van der Waals surface area contributed by atoms with Gasteiger partial charge in [0.05, 0.1) is 11.7 Å². The van der Waals surface area contributed by atoms with Crippen LogP contribution in [0.5, 0.6) is 0 Å². The first kappa shape index (κ1) is 28.1. The van der Waals surface area contributed by atoms with Crippen molar-refractivity contribution < 1.29 is 43.6 Å². The van der Waals surface area contributed by atoms with Crippen molar-refractivity contribution in [3.05, 3.63) is 69.3 Å². The molecule has 1 aromatic carbocycles. The molecule has 40 heavy (non-hydrogen) atoms. The number of ether oxygens (including phenoxy) is 1. The zero-order valence-electron chi connectivity index (χ0n) is 22.3. The zero-order chi connectivity index (χ0) is 29.1. The molecule has 11 heteroatoms. The van der Waals surface area contributed by atoms with Crippen LogP contribution in [0.15, 0.2) is 48.1 Å². The lowest BCUT2D eigenvalue weighted by Gasteiger charge is -2.62. The van der Waals surface area contributed by atoms with Crippen LogP contribution in [0, 0.1) is 32.8 Å². The van der Waals surface area contributed by atoms with E-state index in [1.54, 1.807) is 19.9 Å². The molecule has 5 rings (SSSR count). The molecule has 4 aliphatic carbocycles. The van der Waals surface area contributed by atoms with Crippen molar-refractivity contribution in [1.82, 2.24) is 0 Å². The molecule has 214 valence electrons. The summed E-state index contributed by atoms with van der Waals surface area (Å²) in [5, 5.41) is 32.5. The van der Waals surface area contributed by atoms with Gasteiger partial charge in [-0.05, 0) is 74.8 Å². The van der Waals surface area contributed by atoms with Gasteiger partial charge >= 0.3 is 5.97 Å². The minimum absolute atomic E-state index is 0.0444. The highest BCUT2D eigenvalue weighted by molar-refractivity contribution is 6.01. The maximum atomic E-state index is 17.1. The fraction of sp³-hybridized carbons (Fsp3) is 0.552. The Kier molecular flexibility index (Phi) is 6.74. The van der Waals surface area contributed by atoms with E-state index < -0.39 is 63.5 Å². The fourth-order valence-electron chi connectivity index (χ4n) is 7.87. The van der Waals surface area contributed by atoms with Gasteiger partial charge in [0.25, 0.3) is 5.09 Å². The Morgan fingerprint density at radius 1 is 1.18 bits per heavy atom. The van der Waals surface area contributed by atoms with Gasteiger partial charge in [0.1, 0.15) is 12.2 Å². The molecule has 0 aromatic heterocycles. The van der Waals surface area contributed by atoms with Gasteiger partial charge in [-0.1, -0.05) is 30.7 Å². The Morgan fingerprint density at radius 2 is 1.88 bits per heavy atom. The Morgan fingerprint density at radius 3 is 2.55 bits per heavy atom. The highest BCUT2D eigenvalue weighted by Crippen LogP contribution is 2.69. The molecule has 0 spiro atoms. The second-order valence-corrected chi connectivity index (χ2v) is 11.9. The molecular weight excluding hydrogens is 525 g/mol. The number of carbonyl (C=O) groups is 3. The van der Waals surface area contributed by atoms with Gasteiger partial charge < -0.3 is 19.8 Å². The zero-order valence-corrected chi connectivity index (χ0v) is 22.3. The maximum Gasteiger partial charge on any atom is 0.338 e. The van der Waals surface area contributed by atoms with Crippen molar-refractivity contribution in [2.75, 3.05) is 6.61 Å². The van der Waals surface area contributed by atoms with Crippen LogP contribution in [0.25, 0.3) is 0 Å². The number of halogens is 1. The van der Waals surface area contributed by atoms with E-state index in [9.17, 15) is 34.7 Å². The topological polar surface area (TPSA) is 153 Å². The molecule has 0 amide bonds. The molecule has 2 N–H and O–H groups in total. The monoisotopic (exact) mass is 557 g/mol. The standard InChI is InChI=1S/C29H32FNO9/c1-26-11-9-20(32)13-19(26)7-8-22-21-10-12-28(36,27(21,2)14-23(33)29(22,26)30)24(34)16-39-25(35)18-5-3-17(4-6-18)15-40-31(37)38/h3-6,9,11,13,21-23,33,36H,7-8,10,12,14-16H2,1-2H3/t21-,22-,23?,26-,27-,28-,29-/m0/s1. The van der Waals surface area contributed by atoms with Crippen LogP contribution in [0.4, 0.5) is 4.39 Å². The van der Waals surface area contributed by atoms with E-state index in [0.29, 0.717) is 30.4 Å². The SMILES string of the molecule is C[C@]12C=CC(=O)C=C1CC[C@H]1[C@@H]3CC[C@](O)(C(=O)COC(=O)c4ccc(CO[N+](=O)[O-])cc4)[C@@]3(C)CC(O)[C@@]12F. The van der Waals surface area contributed by atoms with E-state index in [-0.39, 0.29) is 30.8 Å². The summed E-state index contributed by atoms with van der Waals surface area (Å²) in [5.74, 6) is -2.80. The number of aliphatic hydroxyl groups is 2. The number of nitrogens with zero attached hydrogens (tertiary/aromatic N) is 1. The summed E-state index contributed by atoms with van der Waals surface area (Å²) in [6.07, 6.45) is 3.93. The summed E-state index contributed by atoms with van der Waals surface area (Å²) >= 11 is 0. The smallest absolute Gasteiger partial charge is 0.338 e. The minimum atomic E-state index is -2.07. The Bertz CT molecular complexity index is 1330. The first-order valence-electron chi connectivity index (χ1n) is 13.4.